The summed E-state index contributed by atoms with van der Waals surface area (Å²) in [5.74, 6) is 1.16. The van der Waals surface area contributed by atoms with Crippen LogP contribution in [-0.2, 0) is 6.54 Å². The van der Waals surface area contributed by atoms with Gasteiger partial charge >= 0.3 is 0 Å². The Balaban J connectivity index is 1.71. The van der Waals surface area contributed by atoms with E-state index in [9.17, 15) is 4.79 Å². The topological polar surface area (TPSA) is 90.1 Å². The smallest absolute Gasteiger partial charge is 0.273 e. The van der Waals surface area contributed by atoms with Crippen LogP contribution in [0.15, 0.2) is 47.5 Å². The van der Waals surface area contributed by atoms with Crippen LogP contribution in [0.25, 0.3) is 0 Å². The van der Waals surface area contributed by atoms with E-state index in [-0.39, 0.29) is 18.1 Å². The van der Waals surface area contributed by atoms with Crippen LogP contribution < -0.4 is 10.1 Å². The number of pyridine rings is 2. The van der Waals surface area contributed by atoms with E-state index in [1.54, 1.807) is 25.4 Å². The van der Waals surface area contributed by atoms with Gasteiger partial charge < -0.3 is 14.5 Å². The molecule has 3 aromatic rings. The molecule has 0 aromatic carbocycles. The van der Waals surface area contributed by atoms with E-state index in [0.717, 1.165) is 11.3 Å². The van der Waals surface area contributed by atoms with E-state index in [1.807, 2.05) is 25.1 Å². The van der Waals surface area contributed by atoms with Crippen LogP contribution >= 0.6 is 0 Å². The van der Waals surface area contributed by atoms with Gasteiger partial charge in [0.25, 0.3) is 5.91 Å². The Hall–Kier alpha value is -3.22. The number of ether oxygens (including phenoxy) is 1. The molecule has 7 heteroatoms. The third-order valence-corrected chi connectivity index (χ3v) is 3.35. The average molecular weight is 324 g/mol. The molecular weight excluding hydrogens is 308 g/mol. The highest BCUT2D eigenvalue weighted by atomic mass is 16.5. The molecule has 1 amide bonds. The van der Waals surface area contributed by atoms with Gasteiger partial charge in [0.05, 0.1) is 6.20 Å². The molecule has 3 rings (SSSR count). The van der Waals surface area contributed by atoms with Crippen molar-refractivity contribution in [3.63, 3.8) is 0 Å². The molecule has 0 saturated carbocycles. The van der Waals surface area contributed by atoms with Gasteiger partial charge in [-0.2, -0.15) is 0 Å². The van der Waals surface area contributed by atoms with Crippen molar-refractivity contribution in [1.29, 1.82) is 0 Å². The molecule has 1 N–H and O–H groups in total. The molecule has 0 saturated heterocycles. The van der Waals surface area contributed by atoms with Gasteiger partial charge in [-0.15, -0.1) is 0 Å². The normalized spacial score (nSPS) is 10.4. The van der Waals surface area contributed by atoms with Gasteiger partial charge in [0.15, 0.2) is 12.1 Å². The van der Waals surface area contributed by atoms with Crippen LogP contribution in [0, 0.1) is 13.8 Å². The summed E-state index contributed by atoms with van der Waals surface area (Å²) in [6.07, 6.45) is 4.50. The van der Waals surface area contributed by atoms with Gasteiger partial charge in [0, 0.05) is 24.0 Å². The van der Waals surface area contributed by atoms with Crippen molar-refractivity contribution >= 4 is 5.91 Å². The summed E-state index contributed by atoms with van der Waals surface area (Å²) in [5.41, 5.74) is 1.91. The second-order valence-electron chi connectivity index (χ2n) is 5.14. The Bertz CT molecular complexity index is 843. The van der Waals surface area contributed by atoms with E-state index in [0.29, 0.717) is 17.4 Å². The van der Waals surface area contributed by atoms with E-state index in [4.69, 9.17) is 9.15 Å². The summed E-state index contributed by atoms with van der Waals surface area (Å²) in [7, 11) is 0. The monoisotopic (exact) mass is 324 g/mol. The number of rotatable bonds is 5. The van der Waals surface area contributed by atoms with Crippen molar-refractivity contribution < 1.29 is 13.9 Å². The number of aromatic nitrogens is 3. The molecule has 0 bridgehead atoms. The lowest BCUT2D eigenvalue weighted by atomic mass is 10.2. The average Bonchev–Trinajstić information content (AvgIpc) is 3.02. The van der Waals surface area contributed by atoms with Crippen LogP contribution in [0.3, 0.4) is 0 Å². The van der Waals surface area contributed by atoms with Crippen LogP contribution in [0.2, 0.25) is 0 Å². The highest BCUT2D eigenvalue weighted by Crippen LogP contribution is 2.22. The minimum Gasteiger partial charge on any atom is -0.448 e. The van der Waals surface area contributed by atoms with Gasteiger partial charge in [-0.1, -0.05) is 6.07 Å². The fourth-order valence-electron chi connectivity index (χ4n) is 2.06. The van der Waals surface area contributed by atoms with Crippen molar-refractivity contribution in [2.45, 2.75) is 20.4 Å². The largest absolute Gasteiger partial charge is 0.448 e. The molecule has 0 aliphatic heterocycles. The molecule has 0 unspecified atom stereocenters. The number of carbonyl (C=O) groups is 1. The Morgan fingerprint density at radius 3 is 2.79 bits per heavy atom. The summed E-state index contributed by atoms with van der Waals surface area (Å²) in [4.78, 5) is 24.4. The summed E-state index contributed by atoms with van der Waals surface area (Å²) < 4.78 is 10.8. The van der Waals surface area contributed by atoms with Crippen molar-refractivity contribution in [1.82, 2.24) is 20.3 Å². The lowest BCUT2D eigenvalue weighted by Crippen LogP contribution is -2.24. The SMILES string of the molecule is Cc1ccc(Oc2ncccc2CNC(=O)c2ncoc2C)cn1. The molecule has 0 atom stereocenters. The fourth-order valence-corrected chi connectivity index (χ4v) is 2.06. The van der Waals surface area contributed by atoms with Crippen LogP contribution in [0.1, 0.15) is 27.5 Å². The Kier molecular flexibility index (Phi) is 4.51. The van der Waals surface area contributed by atoms with Crippen LogP contribution in [0.4, 0.5) is 0 Å². The lowest BCUT2D eigenvalue weighted by Gasteiger charge is -2.10. The minimum atomic E-state index is -0.312. The zero-order valence-corrected chi connectivity index (χ0v) is 13.3. The van der Waals surface area contributed by atoms with Crippen LogP contribution in [-0.4, -0.2) is 20.9 Å². The third kappa shape index (κ3) is 3.57. The second kappa shape index (κ2) is 6.91. The lowest BCUT2D eigenvalue weighted by molar-refractivity contribution is 0.0945. The molecular formula is C17H16N4O3. The molecule has 0 aliphatic rings. The number of oxazole rings is 1. The standard InChI is InChI=1S/C17H16N4O3/c1-11-5-6-14(9-19-11)24-17-13(4-3-7-18-17)8-20-16(22)15-12(2)23-10-21-15/h3-7,9-10H,8H2,1-2H3,(H,20,22). The maximum atomic E-state index is 12.1. The quantitative estimate of drug-likeness (QED) is 0.776. The molecule has 24 heavy (non-hydrogen) atoms. The third-order valence-electron chi connectivity index (χ3n) is 3.35. The summed E-state index contributed by atoms with van der Waals surface area (Å²) in [6.45, 7) is 3.84. The Morgan fingerprint density at radius 2 is 2.08 bits per heavy atom. The van der Waals surface area contributed by atoms with E-state index in [2.05, 4.69) is 20.3 Å². The number of hydrogen-bond acceptors (Lipinski definition) is 6. The zero-order valence-electron chi connectivity index (χ0n) is 13.3. The number of amides is 1. The maximum Gasteiger partial charge on any atom is 0.273 e. The molecule has 0 spiro atoms. The molecule has 122 valence electrons. The maximum absolute atomic E-state index is 12.1. The van der Waals surface area contributed by atoms with Crippen molar-refractivity contribution in [2.75, 3.05) is 0 Å². The van der Waals surface area contributed by atoms with Crippen molar-refractivity contribution in [2.24, 2.45) is 0 Å². The molecule has 7 nitrogen and oxygen atoms in total. The van der Waals surface area contributed by atoms with E-state index >= 15 is 0 Å². The van der Waals surface area contributed by atoms with Crippen molar-refractivity contribution in [3.05, 3.63) is 65.8 Å². The van der Waals surface area contributed by atoms with Gasteiger partial charge in [-0.3, -0.25) is 9.78 Å². The zero-order chi connectivity index (χ0) is 16.9. The molecule has 0 fully saturated rings. The van der Waals surface area contributed by atoms with Gasteiger partial charge in [0.1, 0.15) is 11.5 Å². The van der Waals surface area contributed by atoms with Gasteiger partial charge in [0.2, 0.25) is 5.88 Å². The van der Waals surface area contributed by atoms with Crippen molar-refractivity contribution in [3.8, 4) is 11.6 Å². The molecule has 0 radical (unpaired) electrons. The summed E-state index contributed by atoms with van der Waals surface area (Å²) in [5, 5.41) is 2.78. The number of nitrogens with zero attached hydrogens (tertiary/aromatic N) is 3. The Morgan fingerprint density at radius 1 is 1.21 bits per heavy atom. The van der Waals surface area contributed by atoms with E-state index < -0.39 is 0 Å². The first-order valence-electron chi connectivity index (χ1n) is 7.36. The molecule has 3 aromatic heterocycles. The van der Waals surface area contributed by atoms with Gasteiger partial charge in [-0.25, -0.2) is 9.97 Å². The number of hydrogen-bond donors (Lipinski definition) is 1. The molecule has 3 heterocycles. The second-order valence-corrected chi connectivity index (χ2v) is 5.14. The first-order valence-corrected chi connectivity index (χ1v) is 7.36. The first-order chi connectivity index (χ1) is 11.6. The highest BCUT2D eigenvalue weighted by molar-refractivity contribution is 5.93. The molecule has 0 aliphatic carbocycles. The van der Waals surface area contributed by atoms with Gasteiger partial charge in [-0.05, 0) is 32.0 Å². The minimum absolute atomic E-state index is 0.258. The number of aryl methyl sites for hydroxylation is 2. The number of nitrogens with one attached hydrogen (secondary N) is 1. The first kappa shape index (κ1) is 15.7. The summed E-state index contributed by atoms with van der Waals surface area (Å²) >= 11 is 0. The Labute approximate surface area is 138 Å². The van der Waals surface area contributed by atoms with E-state index in [1.165, 1.54) is 6.39 Å². The highest BCUT2D eigenvalue weighted by Gasteiger charge is 2.14. The predicted molar refractivity (Wildman–Crippen MR) is 85.7 cm³/mol. The summed E-state index contributed by atoms with van der Waals surface area (Å²) in [6, 6.07) is 7.29. The van der Waals surface area contributed by atoms with Crippen LogP contribution in [0.5, 0.6) is 11.6 Å². The fraction of sp³-hybridized carbons (Fsp3) is 0.176. The number of carbonyl (C=O) groups excluding carboxylic acids is 1. The predicted octanol–water partition coefficient (Wildman–Crippen LogP) is 2.80.